The summed E-state index contributed by atoms with van der Waals surface area (Å²) in [7, 11) is 0. The Bertz CT molecular complexity index is 454. The van der Waals surface area contributed by atoms with Crippen LogP contribution < -0.4 is 4.74 Å². The van der Waals surface area contributed by atoms with Crippen LogP contribution in [0.5, 0.6) is 5.75 Å². The first-order valence-electron chi connectivity index (χ1n) is 7.12. The minimum Gasteiger partial charge on any atom is -0.489 e. The largest absolute Gasteiger partial charge is 0.489 e. The van der Waals surface area contributed by atoms with E-state index in [4.69, 9.17) is 9.84 Å². The van der Waals surface area contributed by atoms with E-state index < -0.39 is 0 Å². The molecular formula is C15H22N2O3. The van der Waals surface area contributed by atoms with E-state index in [0.29, 0.717) is 30.3 Å². The van der Waals surface area contributed by atoms with Crippen molar-refractivity contribution in [1.82, 2.24) is 9.88 Å². The lowest BCUT2D eigenvalue weighted by molar-refractivity contribution is 0.0649. The highest BCUT2D eigenvalue weighted by Crippen LogP contribution is 2.20. The van der Waals surface area contributed by atoms with Crippen LogP contribution >= 0.6 is 0 Å². The zero-order chi connectivity index (χ0) is 14.5. The fraction of sp³-hybridized carbons (Fsp3) is 0.600. The molecule has 0 atom stereocenters. The molecule has 0 saturated carbocycles. The van der Waals surface area contributed by atoms with Crippen molar-refractivity contribution >= 4 is 5.91 Å². The van der Waals surface area contributed by atoms with Gasteiger partial charge in [-0.1, -0.05) is 0 Å². The maximum atomic E-state index is 12.4. The van der Waals surface area contributed by atoms with Crippen molar-refractivity contribution in [2.45, 2.75) is 32.8 Å². The lowest BCUT2D eigenvalue weighted by Gasteiger charge is -2.31. The number of aliphatic hydroxyl groups excluding tert-OH is 1. The summed E-state index contributed by atoms with van der Waals surface area (Å²) >= 11 is 0. The first kappa shape index (κ1) is 14.8. The third-order valence-corrected chi connectivity index (χ3v) is 3.49. The van der Waals surface area contributed by atoms with Gasteiger partial charge < -0.3 is 14.7 Å². The van der Waals surface area contributed by atoms with Crippen molar-refractivity contribution in [1.29, 1.82) is 0 Å². The molecule has 1 amide bonds. The van der Waals surface area contributed by atoms with Crippen LogP contribution in [0.2, 0.25) is 0 Å². The summed E-state index contributed by atoms with van der Waals surface area (Å²) in [4.78, 5) is 18.3. The molecule has 1 fully saturated rings. The second-order valence-electron chi connectivity index (χ2n) is 5.49. The lowest BCUT2D eigenvalue weighted by Crippen LogP contribution is -2.39. The average molecular weight is 278 g/mol. The van der Waals surface area contributed by atoms with Crippen molar-refractivity contribution < 1.29 is 14.6 Å². The highest BCUT2D eigenvalue weighted by atomic mass is 16.5. The van der Waals surface area contributed by atoms with Crippen molar-refractivity contribution in [2.75, 3.05) is 19.7 Å². The van der Waals surface area contributed by atoms with Crippen LogP contribution in [-0.2, 0) is 0 Å². The Morgan fingerprint density at radius 2 is 2.15 bits per heavy atom. The number of pyridine rings is 1. The number of carbonyl (C=O) groups is 1. The maximum Gasteiger partial charge on any atom is 0.255 e. The van der Waals surface area contributed by atoms with Gasteiger partial charge in [0.1, 0.15) is 5.75 Å². The third kappa shape index (κ3) is 3.70. The highest BCUT2D eigenvalue weighted by molar-refractivity contribution is 5.94. The smallest absolute Gasteiger partial charge is 0.255 e. The van der Waals surface area contributed by atoms with E-state index in [-0.39, 0.29) is 18.6 Å². The van der Waals surface area contributed by atoms with Crippen molar-refractivity contribution in [3.63, 3.8) is 0 Å². The van der Waals surface area contributed by atoms with Crippen LogP contribution in [0, 0.1) is 5.92 Å². The number of ether oxygens (including phenoxy) is 1. The first-order chi connectivity index (χ1) is 9.60. The van der Waals surface area contributed by atoms with Gasteiger partial charge in [0.15, 0.2) is 0 Å². The molecule has 2 heterocycles. The van der Waals surface area contributed by atoms with Crippen LogP contribution in [-0.4, -0.2) is 46.7 Å². The van der Waals surface area contributed by atoms with E-state index in [0.717, 1.165) is 12.8 Å². The summed E-state index contributed by atoms with van der Waals surface area (Å²) in [5.74, 6) is 0.937. The molecule has 1 aromatic heterocycles. The quantitative estimate of drug-likeness (QED) is 0.910. The second kappa shape index (κ2) is 6.70. The van der Waals surface area contributed by atoms with E-state index in [9.17, 15) is 4.79 Å². The highest BCUT2D eigenvalue weighted by Gasteiger charge is 2.23. The van der Waals surface area contributed by atoms with Gasteiger partial charge in [-0.15, -0.1) is 0 Å². The number of piperidine rings is 1. The van der Waals surface area contributed by atoms with Gasteiger partial charge in [0.2, 0.25) is 0 Å². The Morgan fingerprint density at radius 3 is 2.75 bits per heavy atom. The number of rotatable bonds is 4. The Balaban J connectivity index is 2.02. The molecule has 1 aromatic rings. The molecule has 0 aromatic carbocycles. The average Bonchev–Trinajstić information content (AvgIpc) is 2.46. The number of carbonyl (C=O) groups excluding carboxylic acids is 1. The molecule has 110 valence electrons. The van der Waals surface area contributed by atoms with E-state index in [1.54, 1.807) is 18.5 Å². The molecule has 0 bridgehead atoms. The molecule has 5 heteroatoms. The van der Waals surface area contributed by atoms with Gasteiger partial charge in [-0.05, 0) is 38.7 Å². The lowest BCUT2D eigenvalue weighted by atomic mass is 9.97. The minimum atomic E-state index is -0.0110. The van der Waals surface area contributed by atoms with Gasteiger partial charge >= 0.3 is 0 Å². The minimum absolute atomic E-state index is 0.0110. The second-order valence-corrected chi connectivity index (χ2v) is 5.49. The number of nitrogens with zero attached hydrogens (tertiary/aromatic N) is 2. The maximum absolute atomic E-state index is 12.4. The molecule has 0 aliphatic carbocycles. The predicted molar refractivity (Wildman–Crippen MR) is 75.7 cm³/mol. The number of amides is 1. The molecule has 0 unspecified atom stereocenters. The number of aromatic nitrogens is 1. The van der Waals surface area contributed by atoms with E-state index in [1.807, 2.05) is 18.7 Å². The van der Waals surface area contributed by atoms with Gasteiger partial charge in [-0.2, -0.15) is 0 Å². The standard InChI is InChI=1S/C15H22N2O3/c1-11(2)20-14-7-13(8-16-9-14)15(19)17-5-3-12(10-18)4-6-17/h7-9,11-12,18H,3-6,10H2,1-2H3. The number of aliphatic hydroxyl groups is 1. The molecular weight excluding hydrogens is 256 g/mol. The Hall–Kier alpha value is -1.62. The van der Waals surface area contributed by atoms with Crippen LogP contribution in [0.4, 0.5) is 0 Å². The number of hydrogen-bond acceptors (Lipinski definition) is 4. The monoisotopic (exact) mass is 278 g/mol. The summed E-state index contributed by atoms with van der Waals surface area (Å²) in [6, 6.07) is 1.74. The van der Waals surface area contributed by atoms with Gasteiger partial charge in [-0.3, -0.25) is 9.78 Å². The normalized spacial score (nSPS) is 16.5. The summed E-state index contributed by atoms with van der Waals surface area (Å²) in [5.41, 5.74) is 0.561. The Kier molecular flexibility index (Phi) is 4.95. The van der Waals surface area contributed by atoms with Gasteiger partial charge in [0.25, 0.3) is 5.91 Å². The molecule has 1 N–H and O–H groups in total. The number of likely N-dealkylation sites (tertiary alicyclic amines) is 1. The zero-order valence-electron chi connectivity index (χ0n) is 12.1. The molecule has 1 saturated heterocycles. The van der Waals surface area contributed by atoms with E-state index >= 15 is 0 Å². The van der Waals surface area contributed by atoms with Crippen LogP contribution in [0.25, 0.3) is 0 Å². The number of hydrogen-bond donors (Lipinski definition) is 1. The molecule has 2 rings (SSSR count). The predicted octanol–water partition coefficient (Wildman–Crippen LogP) is 1.71. The van der Waals surface area contributed by atoms with Crippen molar-refractivity contribution in [3.8, 4) is 5.75 Å². The van der Waals surface area contributed by atoms with Gasteiger partial charge in [-0.25, -0.2) is 0 Å². The molecule has 0 radical (unpaired) electrons. The molecule has 20 heavy (non-hydrogen) atoms. The molecule has 0 spiro atoms. The molecule has 1 aliphatic rings. The van der Waals surface area contributed by atoms with E-state index in [1.165, 1.54) is 0 Å². The van der Waals surface area contributed by atoms with Crippen molar-refractivity contribution in [3.05, 3.63) is 24.0 Å². The third-order valence-electron chi connectivity index (χ3n) is 3.49. The SMILES string of the molecule is CC(C)Oc1cncc(C(=O)N2CCC(CO)CC2)c1. The Morgan fingerprint density at radius 1 is 1.45 bits per heavy atom. The van der Waals surface area contributed by atoms with Crippen LogP contribution in [0.3, 0.4) is 0 Å². The zero-order valence-corrected chi connectivity index (χ0v) is 12.1. The topological polar surface area (TPSA) is 62.7 Å². The van der Waals surface area contributed by atoms with Gasteiger partial charge in [0.05, 0.1) is 17.9 Å². The first-order valence-corrected chi connectivity index (χ1v) is 7.12. The fourth-order valence-corrected chi connectivity index (χ4v) is 2.37. The Labute approximate surface area is 119 Å². The molecule has 1 aliphatic heterocycles. The van der Waals surface area contributed by atoms with Gasteiger partial charge in [0, 0.05) is 25.9 Å². The van der Waals surface area contributed by atoms with E-state index in [2.05, 4.69) is 4.98 Å². The summed E-state index contributed by atoms with van der Waals surface area (Å²) in [6.45, 7) is 5.47. The van der Waals surface area contributed by atoms with Crippen LogP contribution in [0.15, 0.2) is 18.5 Å². The summed E-state index contributed by atoms with van der Waals surface area (Å²) in [5, 5.41) is 9.12. The summed E-state index contributed by atoms with van der Waals surface area (Å²) < 4.78 is 5.56. The van der Waals surface area contributed by atoms with Crippen LogP contribution in [0.1, 0.15) is 37.0 Å². The van der Waals surface area contributed by atoms with Crippen molar-refractivity contribution in [2.24, 2.45) is 5.92 Å². The molecule has 5 nitrogen and oxygen atoms in total. The fourth-order valence-electron chi connectivity index (χ4n) is 2.37. The summed E-state index contributed by atoms with van der Waals surface area (Å²) in [6.07, 6.45) is 4.97.